The van der Waals surface area contributed by atoms with Crippen molar-refractivity contribution in [3.63, 3.8) is 0 Å². The normalized spacial score (nSPS) is 18.1. The molecule has 0 spiro atoms. The Bertz CT molecular complexity index is 567. The van der Waals surface area contributed by atoms with Gasteiger partial charge in [0, 0.05) is 0 Å². The van der Waals surface area contributed by atoms with Gasteiger partial charge in [0.2, 0.25) is 0 Å². The summed E-state index contributed by atoms with van der Waals surface area (Å²) in [6.45, 7) is 0. The largest absolute Gasteiger partial charge is 0.0840 e. The van der Waals surface area contributed by atoms with Crippen LogP contribution in [-0.2, 0) is 6.42 Å². The topological polar surface area (TPSA) is 0 Å². The van der Waals surface area contributed by atoms with E-state index in [1.54, 1.807) is 0 Å². The molecule has 0 radical (unpaired) electrons. The first-order valence-electron chi connectivity index (χ1n) is 7.23. The second-order valence-corrected chi connectivity index (χ2v) is 5.28. The molecule has 0 heteroatoms. The lowest BCUT2D eigenvalue weighted by atomic mass is 9.95. The Morgan fingerprint density at radius 3 is 2.42 bits per heavy atom. The van der Waals surface area contributed by atoms with Crippen LogP contribution in [0.3, 0.4) is 0 Å². The zero-order valence-electron chi connectivity index (χ0n) is 11.3. The van der Waals surface area contributed by atoms with Crippen molar-refractivity contribution < 1.29 is 0 Å². The van der Waals surface area contributed by atoms with Crippen LogP contribution in [0.1, 0.15) is 36.8 Å². The van der Waals surface area contributed by atoms with Gasteiger partial charge in [0.15, 0.2) is 0 Å². The van der Waals surface area contributed by atoms with Gasteiger partial charge in [-0.1, -0.05) is 60.7 Å². The average Bonchev–Trinajstić information content (AvgIpc) is 2.49. The van der Waals surface area contributed by atoms with Crippen LogP contribution in [0.5, 0.6) is 0 Å². The summed E-state index contributed by atoms with van der Waals surface area (Å²) in [5, 5.41) is 0. The fraction of sp³-hybridized carbons (Fsp3) is 0.263. The van der Waals surface area contributed by atoms with E-state index in [4.69, 9.17) is 0 Å². The number of hydrogen-bond donors (Lipinski definition) is 0. The molecule has 0 fully saturated rings. The van der Waals surface area contributed by atoms with Crippen molar-refractivity contribution in [1.29, 1.82) is 0 Å². The fourth-order valence-electron chi connectivity index (χ4n) is 2.72. The van der Waals surface area contributed by atoms with Crippen LogP contribution >= 0.6 is 0 Å². The van der Waals surface area contributed by atoms with Crippen molar-refractivity contribution in [2.45, 2.75) is 32.1 Å². The highest BCUT2D eigenvalue weighted by Gasteiger charge is 2.04. The maximum Gasteiger partial charge on any atom is -0.00288 e. The predicted octanol–water partition coefficient (Wildman–Crippen LogP) is 5.24. The molecule has 0 saturated heterocycles. The molecule has 96 valence electrons. The number of allylic oxidation sites excluding steroid dienone is 8. The van der Waals surface area contributed by atoms with Gasteiger partial charge < -0.3 is 0 Å². The third kappa shape index (κ3) is 3.14. The van der Waals surface area contributed by atoms with E-state index in [1.807, 2.05) is 0 Å². The maximum absolute atomic E-state index is 2.37. The lowest BCUT2D eigenvalue weighted by Crippen LogP contribution is -1.93. The van der Waals surface area contributed by atoms with Crippen LogP contribution in [0.4, 0.5) is 0 Å². The van der Waals surface area contributed by atoms with Gasteiger partial charge >= 0.3 is 0 Å². The molecule has 19 heavy (non-hydrogen) atoms. The monoisotopic (exact) mass is 248 g/mol. The Kier molecular flexibility index (Phi) is 3.78. The standard InChI is InChI=1S/C19H20/c1-3-8-16(9-4-1)14-17-10-7-13-19(15-17)18-11-5-2-6-12-18/h3,5,7-13,15H,1-2,4,6,14H2. The van der Waals surface area contributed by atoms with Gasteiger partial charge in [0.05, 0.1) is 0 Å². The number of rotatable bonds is 3. The zero-order chi connectivity index (χ0) is 12.9. The summed E-state index contributed by atoms with van der Waals surface area (Å²) >= 11 is 0. The van der Waals surface area contributed by atoms with E-state index in [9.17, 15) is 0 Å². The van der Waals surface area contributed by atoms with E-state index in [0.717, 1.165) is 6.42 Å². The summed E-state index contributed by atoms with van der Waals surface area (Å²) in [7, 11) is 0. The summed E-state index contributed by atoms with van der Waals surface area (Å²) in [4.78, 5) is 0. The van der Waals surface area contributed by atoms with Crippen LogP contribution in [-0.4, -0.2) is 0 Å². The van der Waals surface area contributed by atoms with Gasteiger partial charge in [0.1, 0.15) is 0 Å². The molecule has 1 aromatic rings. The molecule has 0 atom stereocenters. The molecule has 0 N–H and O–H groups in total. The highest BCUT2D eigenvalue weighted by Crippen LogP contribution is 2.23. The van der Waals surface area contributed by atoms with E-state index in [2.05, 4.69) is 60.7 Å². The molecule has 0 amide bonds. The Hall–Kier alpha value is -1.82. The van der Waals surface area contributed by atoms with Gasteiger partial charge in [-0.15, -0.1) is 0 Å². The van der Waals surface area contributed by atoms with Crippen molar-refractivity contribution in [2.75, 3.05) is 0 Å². The van der Waals surface area contributed by atoms with Crippen molar-refractivity contribution in [2.24, 2.45) is 0 Å². The van der Waals surface area contributed by atoms with Crippen molar-refractivity contribution in [3.8, 4) is 0 Å². The highest BCUT2D eigenvalue weighted by atomic mass is 14.1. The molecule has 0 bridgehead atoms. The summed E-state index contributed by atoms with van der Waals surface area (Å²) in [6.07, 6.45) is 19.6. The minimum Gasteiger partial charge on any atom is -0.0840 e. The van der Waals surface area contributed by atoms with Gasteiger partial charge in [-0.05, 0) is 54.4 Å². The average molecular weight is 248 g/mol. The van der Waals surface area contributed by atoms with Crippen LogP contribution in [0.25, 0.3) is 5.57 Å². The fourth-order valence-corrected chi connectivity index (χ4v) is 2.72. The van der Waals surface area contributed by atoms with Crippen molar-refractivity contribution >= 4 is 5.57 Å². The van der Waals surface area contributed by atoms with Gasteiger partial charge in [-0.25, -0.2) is 0 Å². The van der Waals surface area contributed by atoms with Gasteiger partial charge in [0.25, 0.3) is 0 Å². The molecule has 0 saturated carbocycles. The second kappa shape index (κ2) is 5.88. The van der Waals surface area contributed by atoms with Crippen LogP contribution in [0, 0.1) is 0 Å². The van der Waals surface area contributed by atoms with Gasteiger partial charge in [-0.2, -0.15) is 0 Å². The van der Waals surface area contributed by atoms with E-state index in [-0.39, 0.29) is 0 Å². The van der Waals surface area contributed by atoms with E-state index in [0.29, 0.717) is 0 Å². The molecule has 2 aliphatic carbocycles. The van der Waals surface area contributed by atoms with Gasteiger partial charge in [-0.3, -0.25) is 0 Å². The zero-order valence-corrected chi connectivity index (χ0v) is 11.3. The van der Waals surface area contributed by atoms with E-state index < -0.39 is 0 Å². The van der Waals surface area contributed by atoms with E-state index >= 15 is 0 Å². The first-order valence-corrected chi connectivity index (χ1v) is 7.23. The molecule has 1 aromatic carbocycles. The molecule has 0 nitrogen and oxygen atoms in total. The molecular formula is C19H20. The van der Waals surface area contributed by atoms with Crippen LogP contribution in [0.2, 0.25) is 0 Å². The van der Waals surface area contributed by atoms with Crippen molar-refractivity contribution in [1.82, 2.24) is 0 Å². The summed E-state index contributed by atoms with van der Waals surface area (Å²) in [5.74, 6) is 0. The lowest BCUT2D eigenvalue weighted by Gasteiger charge is -2.11. The smallest absolute Gasteiger partial charge is 0.00288 e. The third-order valence-electron chi connectivity index (χ3n) is 3.74. The Balaban J connectivity index is 1.80. The summed E-state index contributed by atoms with van der Waals surface area (Å²) in [6, 6.07) is 8.97. The molecule has 0 aliphatic heterocycles. The Labute approximate surface area is 115 Å². The minimum absolute atomic E-state index is 1.06. The summed E-state index contributed by atoms with van der Waals surface area (Å²) < 4.78 is 0. The SMILES string of the molecule is C1=CC(Cc2cccc(C3=CCCC=C3)c2)=CCC1. The molecule has 2 aliphatic rings. The Morgan fingerprint density at radius 2 is 1.68 bits per heavy atom. The predicted molar refractivity (Wildman–Crippen MR) is 83.0 cm³/mol. The highest BCUT2D eigenvalue weighted by molar-refractivity contribution is 5.75. The van der Waals surface area contributed by atoms with Crippen molar-refractivity contribution in [3.05, 3.63) is 77.4 Å². The first-order chi connectivity index (χ1) is 9.42. The molecule has 0 heterocycles. The third-order valence-corrected chi connectivity index (χ3v) is 3.74. The summed E-state index contributed by atoms with van der Waals surface area (Å²) in [5.41, 5.74) is 5.60. The minimum atomic E-state index is 1.06. The molecule has 0 aromatic heterocycles. The maximum atomic E-state index is 2.37. The molecule has 3 rings (SSSR count). The van der Waals surface area contributed by atoms with E-state index in [1.165, 1.54) is 48.0 Å². The molecular weight excluding hydrogens is 228 g/mol. The van der Waals surface area contributed by atoms with Crippen LogP contribution in [0.15, 0.2) is 66.3 Å². The second-order valence-electron chi connectivity index (χ2n) is 5.28. The lowest BCUT2D eigenvalue weighted by molar-refractivity contribution is 0.994. The first kappa shape index (κ1) is 12.2. The quantitative estimate of drug-likeness (QED) is 0.686. The van der Waals surface area contributed by atoms with Crippen LogP contribution < -0.4 is 0 Å². The number of hydrogen-bond acceptors (Lipinski definition) is 0. The Morgan fingerprint density at radius 1 is 0.842 bits per heavy atom. The number of benzene rings is 1. The molecule has 0 unspecified atom stereocenters.